The number of nitrogens with zero attached hydrogens (tertiary/aromatic N) is 3. The van der Waals surface area contributed by atoms with Gasteiger partial charge in [0.2, 0.25) is 5.95 Å². The van der Waals surface area contributed by atoms with Crippen LogP contribution in [0.5, 0.6) is 0 Å². The highest BCUT2D eigenvalue weighted by Gasteiger charge is 2.18. The van der Waals surface area contributed by atoms with Crippen molar-refractivity contribution in [1.82, 2.24) is 14.9 Å². The van der Waals surface area contributed by atoms with Gasteiger partial charge in [0.1, 0.15) is 5.82 Å². The second kappa shape index (κ2) is 8.54. The standard InChI is InChI=1S/C15H26BrN5/c1-3-7-17-15-19-11-13(16)14(20-15)18-10-12-5-8-21(4-2)9-6-12/h11-12H,3-10H2,1-2H3,(H2,17,18,19,20). The summed E-state index contributed by atoms with van der Waals surface area (Å²) in [5.41, 5.74) is 0. The highest BCUT2D eigenvalue weighted by atomic mass is 79.9. The molecule has 2 N–H and O–H groups in total. The molecule has 1 aliphatic rings. The summed E-state index contributed by atoms with van der Waals surface area (Å²) in [5, 5.41) is 6.70. The zero-order chi connectivity index (χ0) is 15.1. The van der Waals surface area contributed by atoms with E-state index in [9.17, 15) is 0 Å². The van der Waals surface area contributed by atoms with E-state index < -0.39 is 0 Å². The van der Waals surface area contributed by atoms with Gasteiger partial charge in [-0.1, -0.05) is 13.8 Å². The van der Waals surface area contributed by atoms with Gasteiger partial charge in [0.15, 0.2) is 0 Å². The van der Waals surface area contributed by atoms with Crippen LogP contribution in [-0.2, 0) is 0 Å². The maximum absolute atomic E-state index is 4.53. The Morgan fingerprint density at radius 3 is 2.71 bits per heavy atom. The molecule has 2 heterocycles. The second-order valence-electron chi connectivity index (χ2n) is 5.58. The van der Waals surface area contributed by atoms with Crippen LogP contribution in [-0.4, -0.2) is 47.6 Å². The minimum Gasteiger partial charge on any atom is -0.369 e. The first-order valence-corrected chi connectivity index (χ1v) is 8.74. The molecule has 0 atom stereocenters. The Bertz CT molecular complexity index is 432. The molecule has 6 heteroatoms. The van der Waals surface area contributed by atoms with E-state index in [4.69, 9.17) is 0 Å². The molecule has 0 spiro atoms. The molecule has 0 amide bonds. The first-order chi connectivity index (χ1) is 10.2. The van der Waals surface area contributed by atoms with Gasteiger partial charge in [-0.2, -0.15) is 4.98 Å². The first kappa shape index (κ1) is 16.5. The maximum Gasteiger partial charge on any atom is 0.224 e. The summed E-state index contributed by atoms with van der Waals surface area (Å²) in [6.07, 6.45) is 5.42. The summed E-state index contributed by atoms with van der Waals surface area (Å²) in [7, 11) is 0. The van der Waals surface area contributed by atoms with Crippen LogP contribution >= 0.6 is 15.9 Å². The molecule has 1 aromatic rings. The molecule has 2 rings (SSSR count). The molecule has 1 aromatic heterocycles. The van der Waals surface area contributed by atoms with Gasteiger partial charge in [-0.05, 0) is 60.7 Å². The average Bonchev–Trinajstić information content (AvgIpc) is 2.53. The Morgan fingerprint density at radius 2 is 2.05 bits per heavy atom. The zero-order valence-corrected chi connectivity index (χ0v) is 14.6. The van der Waals surface area contributed by atoms with Gasteiger partial charge in [0.05, 0.1) is 4.47 Å². The van der Waals surface area contributed by atoms with E-state index in [-0.39, 0.29) is 0 Å². The number of rotatable bonds is 7. The number of aromatic nitrogens is 2. The Hall–Kier alpha value is -0.880. The number of likely N-dealkylation sites (tertiary alicyclic amines) is 1. The van der Waals surface area contributed by atoms with Gasteiger partial charge >= 0.3 is 0 Å². The largest absolute Gasteiger partial charge is 0.369 e. The fourth-order valence-electron chi connectivity index (χ4n) is 2.56. The average molecular weight is 356 g/mol. The lowest BCUT2D eigenvalue weighted by molar-refractivity contribution is 0.198. The summed E-state index contributed by atoms with van der Waals surface area (Å²) in [4.78, 5) is 11.3. The van der Waals surface area contributed by atoms with E-state index in [0.29, 0.717) is 5.95 Å². The highest BCUT2D eigenvalue weighted by molar-refractivity contribution is 9.10. The Kier molecular flexibility index (Phi) is 6.70. The summed E-state index contributed by atoms with van der Waals surface area (Å²) in [5.74, 6) is 2.33. The molecular formula is C15H26BrN5. The van der Waals surface area contributed by atoms with Crippen molar-refractivity contribution in [2.75, 3.05) is 43.4 Å². The predicted octanol–water partition coefficient (Wildman–Crippen LogP) is 3.20. The van der Waals surface area contributed by atoms with E-state index in [1.807, 2.05) is 6.20 Å². The van der Waals surface area contributed by atoms with Crippen molar-refractivity contribution in [2.45, 2.75) is 33.1 Å². The third-order valence-corrected chi connectivity index (χ3v) is 4.57. The number of hydrogen-bond donors (Lipinski definition) is 2. The lowest BCUT2D eigenvalue weighted by Crippen LogP contribution is -2.35. The van der Waals surface area contributed by atoms with Gasteiger partial charge in [-0.15, -0.1) is 0 Å². The van der Waals surface area contributed by atoms with E-state index in [2.05, 4.69) is 55.3 Å². The third kappa shape index (κ3) is 5.11. The molecule has 0 bridgehead atoms. The Balaban J connectivity index is 1.84. The van der Waals surface area contributed by atoms with Crippen molar-refractivity contribution in [3.63, 3.8) is 0 Å². The first-order valence-electron chi connectivity index (χ1n) is 7.95. The van der Waals surface area contributed by atoms with E-state index in [1.54, 1.807) is 0 Å². The third-order valence-electron chi connectivity index (χ3n) is 3.99. The molecule has 0 radical (unpaired) electrons. The molecule has 1 fully saturated rings. The summed E-state index contributed by atoms with van der Waals surface area (Å²) >= 11 is 3.52. The van der Waals surface area contributed by atoms with E-state index in [0.717, 1.165) is 35.7 Å². The van der Waals surface area contributed by atoms with Gasteiger partial charge in [0, 0.05) is 19.3 Å². The van der Waals surface area contributed by atoms with Gasteiger partial charge in [-0.3, -0.25) is 0 Å². The maximum atomic E-state index is 4.53. The molecule has 0 unspecified atom stereocenters. The summed E-state index contributed by atoms with van der Waals surface area (Å²) in [6.45, 7) is 9.87. The van der Waals surface area contributed by atoms with Crippen molar-refractivity contribution >= 4 is 27.7 Å². The van der Waals surface area contributed by atoms with Crippen molar-refractivity contribution in [2.24, 2.45) is 5.92 Å². The SMILES string of the molecule is CCCNc1ncc(Br)c(NCC2CCN(CC)CC2)n1. The molecular weight excluding hydrogens is 330 g/mol. The number of piperidine rings is 1. The Morgan fingerprint density at radius 1 is 1.29 bits per heavy atom. The molecule has 0 aromatic carbocycles. The second-order valence-corrected chi connectivity index (χ2v) is 6.43. The fraction of sp³-hybridized carbons (Fsp3) is 0.733. The van der Waals surface area contributed by atoms with Gasteiger partial charge in [0.25, 0.3) is 0 Å². The number of nitrogens with one attached hydrogen (secondary N) is 2. The predicted molar refractivity (Wildman–Crippen MR) is 91.8 cm³/mol. The lowest BCUT2D eigenvalue weighted by atomic mass is 9.97. The minimum atomic E-state index is 0.698. The van der Waals surface area contributed by atoms with E-state index in [1.165, 1.54) is 32.5 Å². The van der Waals surface area contributed by atoms with Crippen LogP contribution in [0.3, 0.4) is 0 Å². The topological polar surface area (TPSA) is 53.1 Å². The quantitative estimate of drug-likeness (QED) is 0.786. The van der Waals surface area contributed by atoms with Crippen molar-refractivity contribution in [3.05, 3.63) is 10.7 Å². The lowest BCUT2D eigenvalue weighted by Gasteiger charge is -2.31. The van der Waals surface area contributed by atoms with E-state index >= 15 is 0 Å². The number of hydrogen-bond acceptors (Lipinski definition) is 5. The molecule has 0 saturated carbocycles. The van der Waals surface area contributed by atoms with Crippen molar-refractivity contribution in [1.29, 1.82) is 0 Å². The van der Waals surface area contributed by atoms with Crippen LogP contribution in [0.25, 0.3) is 0 Å². The molecule has 1 saturated heterocycles. The van der Waals surface area contributed by atoms with Crippen molar-refractivity contribution in [3.8, 4) is 0 Å². The fourth-order valence-corrected chi connectivity index (χ4v) is 2.89. The Labute approximate surface area is 136 Å². The number of anilines is 2. The molecule has 0 aliphatic carbocycles. The highest BCUT2D eigenvalue weighted by Crippen LogP contribution is 2.22. The van der Waals surface area contributed by atoms with Crippen LogP contribution < -0.4 is 10.6 Å². The zero-order valence-electron chi connectivity index (χ0n) is 13.0. The van der Waals surface area contributed by atoms with Crippen LogP contribution in [0.1, 0.15) is 33.1 Å². The molecule has 118 valence electrons. The normalized spacial score (nSPS) is 16.9. The van der Waals surface area contributed by atoms with Crippen LogP contribution in [0.4, 0.5) is 11.8 Å². The summed E-state index contributed by atoms with van der Waals surface area (Å²) in [6, 6.07) is 0. The van der Waals surface area contributed by atoms with Crippen molar-refractivity contribution < 1.29 is 0 Å². The number of halogens is 1. The molecule has 1 aliphatic heterocycles. The summed E-state index contributed by atoms with van der Waals surface area (Å²) < 4.78 is 0.926. The molecule has 21 heavy (non-hydrogen) atoms. The smallest absolute Gasteiger partial charge is 0.224 e. The minimum absolute atomic E-state index is 0.698. The van der Waals surface area contributed by atoms with Crippen LogP contribution in [0.2, 0.25) is 0 Å². The van der Waals surface area contributed by atoms with Gasteiger partial charge < -0.3 is 15.5 Å². The monoisotopic (exact) mass is 355 g/mol. The van der Waals surface area contributed by atoms with Crippen LogP contribution in [0, 0.1) is 5.92 Å². The van der Waals surface area contributed by atoms with Crippen LogP contribution in [0.15, 0.2) is 10.7 Å². The van der Waals surface area contributed by atoms with Gasteiger partial charge in [-0.25, -0.2) is 4.98 Å². The molecule has 5 nitrogen and oxygen atoms in total.